The third-order valence-corrected chi connectivity index (χ3v) is 5.95. The highest BCUT2D eigenvalue weighted by atomic mass is 32.2. The molecule has 130 valence electrons. The van der Waals surface area contributed by atoms with Gasteiger partial charge in [-0.25, -0.2) is 0 Å². The predicted octanol–water partition coefficient (Wildman–Crippen LogP) is 3.93. The van der Waals surface area contributed by atoms with E-state index in [1.165, 1.54) is 27.8 Å². The van der Waals surface area contributed by atoms with Crippen LogP contribution in [0.1, 0.15) is 11.1 Å². The molecule has 2 aromatic carbocycles. The molecule has 2 amide bonds. The highest BCUT2D eigenvalue weighted by molar-refractivity contribution is 8.00. The third kappa shape index (κ3) is 4.80. The molecule has 6 heteroatoms. The largest absolute Gasteiger partial charge is 0.325 e. The summed E-state index contributed by atoms with van der Waals surface area (Å²) < 4.78 is 0. The number of nitrogens with one attached hydrogen (secondary N) is 1. The first-order valence-corrected chi connectivity index (χ1v) is 9.99. The van der Waals surface area contributed by atoms with Crippen molar-refractivity contribution >= 4 is 41.0 Å². The van der Waals surface area contributed by atoms with Gasteiger partial charge < -0.3 is 10.2 Å². The van der Waals surface area contributed by atoms with E-state index in [9.17, 15) is 9.59 Å². The first kappa shape index (κ1) is 17.9. The minimum Gasteiger partial charge on any atom is -0.325 e. The quantitative estimate of drug-likeness (QED) is 0.864. The van der Waals surface area contributed by atoms with Crippen molar-refractivity contribution in [1.82, 2.24) is 4.90 Å². The second kappa shape index (κ2) is 7.97. The van der Waals surface area contributed by atoms with Crippen molar-refractivity contribution in [3.63, 3.8) is 0 Å². The van der Waals surface area contributed by atoms with E-state index in [0.29, 0.717) is 11.6 Å². The van der Waals surface area contributed by atoms with Gasteiger partial charge in [-0.2, -0.15) is 0 Å². The van der Waals surface area contributed by atoms with Crippen LogP contribution in [0.25, 0.3) is 0 Å². The molecule has 1 saturated heterocycles. The summed E-state index contributed by atoms with van der Waals surface area (Å²) in [5.41, 5.74) is 3.31. The normalized spacial score (nSPS) is 14.0. The van der Waals surface area contributed by atoms with E-state index in [1.54, 1.807) is 16.7 Å². The first-order chi connectivity index (χ1) is 12.0. The van der Waals surface area contributed by atoms with Gasteiger partial charge in [0.25, 0.3) is 0 Å². The number of benzene rings is 2. The standard InChI is InChI=1S/C19H20N2O2S2/c1-13-3-6-17(9-14(13)2)25-16-7-4-15(5-8-16)20-18(22)10-21-12-24-11-19(21)23/h3-9H,10-12H2,1-2H3,(H,20,22). The van der Waals surface area contributed by atoms with E-state index in [0.717, 1.165) is 10.6 Å². The second-order valence-corrected chi connectivity index (χ2v) is 8.09. The minimum atomic E-state index is -0.162. The van der Waals surface area contributed by atoms with Crippen LogP contribution in [0.4, 0.5) is 5.69 Å². The number of hydrogen-bond acceptors (Lipinski definition) is 4. The molecule has 1 N–H and O–H groups in total. The molecule has 4 nitrogen and oxygen atoms in total. The average Bonchev–Trinajstić information content (AvgIpc) is 2.98. The van der Waals surface area contributed by atoms with Crippen molar-refractivity contribution in [3.8, 4) is 0 Å². The number of amides is 2. The number of carbonyl (C=O) groups excluding carboxylic acids is 2. The van der Waals surface area contributed by atoms with Crippen LogP contribution >= 0.6 is 23.5 Å². The molecular formula is C19H20N2O2S2. The Bertz CT molecular complexity index is 791. The topological polar surface area (TPSA) is 49.4 Å². The molecular weight excluding hydrogens is 352 g/mol. The van der Waals surface area contributed by atoms with E-state index >= 15 is 0 Å². The molecule has 2 aromatic rings. The Balaban J connectivity index is 1.57. The lowest BCUT2D eigenvalue weighted by Gasteiger charge is -2.14. The van der Waals surface area contributed by atoms with Gasteiger partial charge in [0.05, 0.1) is 11.6 Å². The van der Waals surface area contributed by atoms with Gasteiger partial charge in [0.1, 0.15) is 6.54 Å². The van der Waals surface area contributed by atoms with Crippen LogP contribution < -0.4 is 5.32 Å². The van der Waals surface area contributed by atoms with E-state index in [2.05, 4.69) is 37.4 Å². The molecule has 1 heterocycles. The molecule has 0 unspecified atom stereocenters. The molecule has 3 rings (SSSR count). The molecule has 0 atom stereocenters. The van der Waals surface area contributed by atoms with Crippen LogP contribution in [0, 0.1) is 13.8 Å². The monoisotopic (exact) mass is 372 g/mol. The van der Waals surface area contributed by atoms with E-state index in [1.807, 2.05) is 24.3 Å². The zero-order valence-corrected chi connectivity index (χ0v) is 15.9. The van der Waals surface area contributed by atoms with Gasteiger partial charge in [0.15, 0.2) is 0 Å². The number of thioether (sulfide) groups is 1. The van der Waals surface area contributed by atoms with Crippen LogP contribution in [-0.2, 0) is 9.59 Å². The van der Waals surface area contributed by atoms with E-state index in [-0.39, 0.29) is 18.4 Å². The van der Waals surface area contributed by atoms with Crippen LogP contribution in [0.2, 0.25) is 0 Å². The number of carbonyl (C=O) groups is 2. The van der Waals surface area contributed by atoms with Gasteiger partial charge >= 0.3 is 0 Å². The summed E-state index contributed by atoms with van der Waals surface area (Å²) in [5.74, 6) is 0.931. The molecule has 0 bridgehead atoms. The molecule has 25 heavy (non-hydrogen) atoms. The lowest BCUT2D eigenvalue weighted by Crippen LogP contribution is -2.34. The number of nitrogens with zero attached hydrogens (tertiary/aromatic N) is 1. The summed E-state index contributed by atoms with van der Waals surface area (Å²) in [5, 5.41) is 2.85. The van der Waals surface area contributed by atoms with Gasteiger partial charge in [0, 0.05) is 15.5 Å². The smallest absolute Gasteiger partial charge is 0.244 e. The summed E-state index contributed by atoms with van der Waals surface area (Å²) in [6, 6.07) is 14.2. The Morgan fingerprint density at radius 3 is 2.48 bits per heavy atom. The summed E-state index contributed by atoms with van der Waals surface area (Å²) in [6.07, 6.45) is 0. The fourth-order valence-corrected chi connectivity index (χ4v) is 4.25. The Labute approximate surface area is 156 Å². The van der Waals surface area contributed by atoms with Gasteiger partial charge in [-0.15, -0.1) is 11.8 Å². The van der Waals surface area contributed by atoms with Crippen LogP contribution in [0.3, 0.4) is 0 Å². The summed E-state index contributed by atoms with van der Waals surface area (Å²) >= 11 is 3.23. The maximum Gasteiger partial charge on any atom is 0.244 e. The lowest BCUT2D eigenvalue weighted by atomic mass is 10.1. The lowest BCUT2D eigenvalue weighted by molar-refractivity contribution is -0.130. The minimum absolute atomic E-state index is 0.0280. The number of anilines is 1. The summed E-state index contributed by atoms with van der Waals surface area (Å²) in [7, 11) is 0. The number of aryl methyl sites for hydroxylation is 2. The molecule has 1 aliphatic heterocycles. The molecule has 0 aliphatic carbocycles. The van der Waals surface area contributed by atoms with Crippen molar-refractivity contribution in [2.24, 2.45) is 0 Å². The second-order valence-electron chi connectivity index (χ2n) is 5.99. The molecule has 0 spiro atoms. The maximum absolute atomic E-state index is 12.0. The Kier molecular flexibility index (Phi) is 5.71. The molecule has 1 fully saturated rings. The van der Waals surface area contributed by atoms with Crippen LogP contribution in [-0.4, -0.2) is 34.9 Å². The van der Waals surface area contributed by atoms with E-state index < -0.39 is 0 Å². The fraction of sp³-hybridized carbons (Fsp3) is 0.263. The highest BCUT2D eigenvalue weighted by Crippen LogP contribution is 2.29. The van der Waals surface area contributed by atoms with Crippen molar-refractivity contribution in [2.75, 3.05) is 23.5 Å². The zero-order valence-electron chi connectivity index (χ0n) is 14.2. The molecule has 1 aliphatic rings. The van der Waals surface area contributed by atoms with Crippen LogP contribution in [0.15, 0.2) is 52.3 Å². The van der Waals surface area contributed by atoms with Gasteiger partial charge in [-0.05, 0) is 61.4 Å². The van der Waals surface area contributed by atoms with Crippen molar-refractivity contribution in [2.45, 2.75) is 23.6 Å². The maximum atomic E-state index is 12.0. The average molecular weight is 373 g/mol. The molecule has 0 aromatic heterocycles. The van der Waals surface area contributed by atoms with Crippen molar-refractivity contribution in [1.29, 1.82) is 0 Å². The number of hydrogen-bond donors (Lipinski definition) is 1. The van der Waals surface area contributed by atoms with Crippen LogP contribution in [0.5, 0.6) is 0 Å². The Hall–Kier alpha value is -1.92. The SMILES string of the molecule is Cc1ccc(Sc2ccc(NC(=O)CN3CSCC3=O)cc2)cc1C. The van der Waals surface area contributed by atoms with Crippen molar-refractivity contribution < 1.29 is 9.59 Å². The number of rotatable bonds is 5. The summed E-state index contributed by atoms with van der Waals surface area (Å²) in [6.45, 7) is 4.34. The van der Waals surface area contributed by atoms with Gasteiger partial charge in [0.2, 0.25) is 11.8 Å². The molecule has 0 radical (unpaired) electrons. The Morgan fingerprint density at radius 1 is 1.12 bits per heavy atom. The van der Waals surface area contributed by atoms with Crippen molar-refractivity contribution in [3.05, 3.63) is 53.6 Å². The fourth-order valence-electron chi connectivity index (χ4n) is 2.43. The Morgan fingerprint density at radius 2 is 1.84 bits per heavy atom. The first-order valence-electron chi connectivity index (χ1n) is 8.02. The highest BCUT2D eigenvalue weighted by Gasteiger charge is 2.22. The molecule has 0 saturated carbocycles. The predicted molar refractivity (Wildman–Crippen MR) is 104 cm³/mol. The summed E-state index contributed by atoms with van der Waals surface area (Å²) in [4.78, 5) is 27.5. The zero-order chi connectivity index (χ0) is 17.8. The van der Waals surface area contributed by atoms with E-state index in [4.69, 9.17) is 0 Å². The van der Waals surface area contributed by atoms with Gasteiger partial charge in [-0.1, -0.05) is 17.8 Å². The van der Waals surface area contributed by atoms with Gasteiger partial charge in [-0.3, -0.25) is 9.59 Å². The third-order valence-electron chi connectivity index (χ3n) is 4.01.